The summed E-state index contributed by atoms with van der Waals surface area (Å²) >= 11 is 0. The third kappa shape index (κ3) is 73.0. The molecule has 0 radical (unpaired) electrons. The molecule has 0 aromatic heterocycles. The maximum absolute atomic E-state index is 5.78. The van der Waals surface area contributed by atoms with E-state index in [1.54, 1.807) is 17.3 Å². The van der Waals surface area contributed by atoms with Gasteiger partial charge in [0.1, 0.15) is 0 Å². The van der Waals surface area contributed by atoms with Gasteiger partial charge in [-0.15, -0.1) is 19.7 Å². The lowest BCUT2D eigenvalue weighted by Gasteiger charge is -2.30. The molecule has 0 aliphatic carbocycles. The molecule has 8 nitrogen and oxygen atoms in total. The largest absolute Gasteiger partial charge is 0.398 e. The number of nitrogens with two attached hydrogens (primary N) is 2. The van der Waals surface area contributed by atoms with E-state index < -0.39 is 0 Å². The first-order chi connectivity index (χ1) is 40.8. The summed E-state index contributed by atoms with van der Waals surface area (Å²) in [5.41, 5.74) is 18.2. The van der Waals surface area contributed by atoms with Crippen molar-refractivity contribution in [2.24, 2.45) is 39.7 Å². The molecule has 8 N–H and O–H groups in total. The Labute approximate surface area is 553 Å². The Balaban J connectivity index is -0.0000000874. The minimum Gasteiger partial charge on any atom is -0.398 e. The predicted octanol–water partition coefficient (Wildman–Crippen LogP) is 23.3. The zero-order chi connectivity index (χ0) is 70.7. The number of rotatable bonds is 25. The molecule has 4 atom stereocenters. The SMILES string of the molecule is C.C=C(C)C(C)CC(C)C(C)C(=C)C(C)N(C)N.C=C(C)c1ccccc1-c1ccc(CNC)cc1.C=C(N)/C(=C\CC)NC.C=C/C(C)=C(\C)N=C.C=CCCC.C=CCCC=C.C=CNC(C)(C)CCC(C)(C)C.CC.CC.CC.CCC.CNC. The van der Waals surface area contributed by atoms with Crippen molar-refractivity contribution < 1.29 is 0 Å². The molecule has 0 bridgehead atoms. The second-order valence-corrected chi connectivity index (χ2v) is 22.4. The van der Waals surface area contributed by atoms with Crippen LogP contribution in [0.2, 0.25) is 0 Å². The Morgan fingerprint density at radius 1 is 0.705 bits per heavy atom. The Morgan fingerprint density at radius 2 is 1.15 bits per heavy atom. The topological polar surface area (TPSA) is 116 Å². The summed E-state index contributed by atoms with van der Waals surface area (Å²) in [5, 5.41) is 13.8. The Kier molecular flexibility index (Phi) is 92.2. The zero-order valence-corrected chi connectivity index (χ0v) is 63.1. The second kappa shape index (κ2) is 75.7. The van der Waals surface area contributed by atoms with Crippen molar-refractivity contribution >= 4 is 12.3 Å². The van der Waals surface area contributed by atoms with Crippen molar-refractivity contribution in [2.75, 3.05) is 35.2 Å². The summed E-state index contributed by atoms with van der Waals surface area (Å²) in [5.74, 6) is 7.45. The molecule has 2 rings (SSSR count). The highest BCUT2D eigenvalue weighted by atomic mass is 15.4. The van der Waals surface area contributed by atoms with Crippen LogP contribution in [0.4, 0.5) is 0 Å². The summed E-state index contributed by atoms with van der Waals surface area (Å²) in [6.07, 6.45) is 21.6. The lowest BCUT2D eigenvalue weighted by molar-refractivity contribution is 0.262. The van der Waals surface area contributed by atoms with E-state index in [9.17, 15) is 0 Å². The first-order valence-electron chi connectivity index (χ1n) is 32.5. The second-order valence-electron chi connectivity index (χ2n) is 22.4. The Morgan fingerprint density at radius 3 is 1.42 bits per heavy atom. The van der Waals surface area contributed by atoms with Gasteiger partial charge >= 0.3 is 0 Å². The molecule has 2 aromatic carbocycles. The summed E-state index contributed by atoms with van der Waals surface area (Å²) < 4.78 is 0. The molecule has 0 spiro atoms. The molecular formula is C80H154N8. The highest BCUT2D eigenvalue weighted by Gasteiger charge is 2.23. The molecule has 0 heterocycles. The van der Waals surface area contributed by atoms with Crippen LogP contribution in [0, 0.1) is 23.2 Å². The van der Waals surface area contributed by atoms with Crippen LogP contribution in [-0.4, -0.2) is 58.5 Å². The number of likely N-dealkylation sites (N-methyl/N-ethyl adjacent to an activating group) is 2. The Hall–Kier alpha value is -5.51. The molecule has 0 aliphatic heterocycles. The van der Waals surface area contributed by atoms with Crippen molar-refractivity contribution in [3.05, 3.63) is 189 Å². The maximum atomic E-state index is 5.78. The van der Waals surface area contributed by atoms with Gasteiger partial charge in [-0.25, -0.2) is 5.01 Å². The number of unbranched alkanes of at least 4 members (excludes halogenated alkanes) is 2. The number of nitrogens with zero attached hydrogens (tertiary/aromatic N) is 2. The number of aliphatic imine (C=N–C) groups is 1. The van der Waals surface area contributed by atoms with Crippen LogP contribution in [0.1, 0.15) is 236 Å². The average Bonchev–Trinajstić information content (AvgIpc) is 3.49. The number of hydrazine groups is 1. The zero-order valence-electron chi connectivity index (χ0n) is 63.1. The van der Waals surface area contributed by atoms with E-state index in [1.165, 1.54) is 59.1 Å². The van der Waals surface area contributed by atoms with E-state index >= 15 is 0 Å². The molecule has 4 unspecified atom stereocenters. The van der Waals surface area contributed by atoms with Gasteiger partial charge in [0.15, 0.2) is 0 Å². The van der Waals surface area contributed by atoms with Crippen LogP contribution in [0.5, 0.6) is 0 Å². The summed E-state index contributed by atoms with van der Waals surface area (Å²) in [6, 6.07) is 17.3. The van der Waals surface area contributed by atoms with Gasteiger partial charge in [0.2, 0.25) is 0 Å². The van der Waals surface area contributed by atoms with Gasteiger partial charge in [-0.1, -0.05) is 266 Å². The van der Waals surface area contributed by atoms with Gasteiger partial charge in [0.05, 0.1) is 5.70 Å². The van der Waals surface area contributed by atoms with E-state index in [2.05, 4.69) is 238 Å². The van der Waals surface area contributed by atoms with Gasteiger partial charge in [-0.05, 0) is 178 Å². The third-order valence-electron chi connectivity index (χ3n) is 12.4. The van der Waals surface area contributed by atoms with Gasteiger partial charge in [0, 0.05) is 43.6 Å². The fraction of sp³-hybridized carbons (Fsp3) is 0.562. The fourth-order valence-corrected chi connectivity index (χ4v) is 6.43. The summed E-state index contributed by atoms with van der Waals surface area (Å²) in [6.45, 7) is 86.7. The van der Waals surface area contributed by atoms with Crippen LogP contribution < -0.4 is 32.8 Å². The minimum absolute atomic E-state index is 0. The van der Waals surface area contributed by atoms with Crippen LogP contribution in [-0.2, 0) is 6.54 Å². The number of nitrogens with one attached hydrogen (secondary N) is 4. The molecule has 0 fully saturated rings. The number of hydrogen-bond acceptors (Lipinski definition) is 8. The standard InChI is InChI=1S/C17H19N.C15H30N2.C11H23N.C7H14N2.C7H11N.C6H10.C5H10.C3H8.C2H7N.3C2H6.CH4/c1-13(2)16-6-4-5-7-17(16)15-10-8-14(9-11-15)12-18-3;1-10(2)11(3)9-12(4)13(5)14(6)15(7)17(8)16;1-7-12-11(5,6)9-8-10(2,3)4;1-4-5-7(9-3)6(2)8;1-5-6(2)7(3)8-4;1-3-5-6-4-2;1-3-5-4-2;2*1-3-2;3*1-2;/h4-11,18H,1,12H2,2-3H3;11-13,15H,1,6,9,16H2,2-5,7-8H3;7,12H,1,8-9H2,2-6H3;5,9H,2,4,8H2,1,3H3;5H,1,4H2,2-3H3;3-4H,1-2,5-6H2;3H,1,4-5H2,2H3;3H2,1-2H3;3H,1-2H3;3*1-2H3;1H4/b;;;7-5+;7-6+;;;;;;;;. The van der Waals surface area contributed by atoms with Crippen LogP contribution in [0.3, 0.4) is 0 Å². The summed E-state index contributed by atoms with van der Waals surface area (Å²) in [4.78, 5) is 3.72. The first-order valence-corrected chi connectivity index (χ1v) is 32.5. The van der Waals surface area contributed by atoms with E-state index in [-0.39, 0.29) is 19.0 Å². The molecule has 2 aromatic rings. The molecular weight excluding hydrogens is 1070 g/mol. The van der Waals surface area contributed by atoms with Crippen molar-refractivity contribution in [1.82, 2.24) is 26.3 Å². The quantitative estimate of drug-likeness (QED) is 0.0147. The van der Waals surface area contributed by atoms with Crippen LogP contribution in [0.25, 0.3) is 16.7 Å². The van der Waals surface area contributed by atoms with Crippen molar-refractivity contribution in [3.63, 3.8) is 0 Å². The van der Waals surface area contributed by atoms with Crippen molar-refractivity contribution in [1.29, 1.82) is 0 Å². The van der Waals surface area contributed by atoms with E-state index in [1.807, 2.05) is 122 Å². The highest BCUT2D eigenvalue weighted by Crippen LogP contribution is 2.30. The fourth-order valence-electron chi connectivity index (χ4n) is 6.43. The molecule has 8 heteroatoms. The molecule has 0 amide bonds. The van der Waals surface area contributed by atoms with Crippen LogP contribution in [0.15, 0.2) is 183 Å². The number of allylic oxidation sites excluding steroid dienone is 9. The number of hydrogen-bond donors (Lipinski definition) is 6. The maximum Gasteiger partial charge on any atom is 0.0524 e. The summed E-state index contributed by atoms with van der Waals surface area (Å²) in [7, 11) is 9.44. The van der Waals surface area contributed by atoms with Gasteiger partial charge in [-0.2, -0.15) is 0 Å². The third-order valence-corrected chi connectivity index (χ3v) is 12.4. The normalized spacial score (nSPS) is 11.2. The average molecular weight is 1230 g/mol. The monoisotopic (exact) mass is 1230 g/mol. The van der Waals surface area contributed by atoms with Gasteiger partial charge < -0.3 is 27.0 Å². The van der Waals surface area contributed by atoms with E-state index in [0.717, 1.165) is 61.2 Å². The van der Waals surface area contributed by atoms with Crippen LogP contribution >= 0.6 is 0 Å². The smallest absolute Gasteiger partial charge is 0.0524 e. The van der Waals surface area contributed by atoms with Gasteiger partial charge in [-0.3, -0.25) is 10.8 Å². The number of benzene rings is 2. The molecule has 0 aliphatic rings. The van der Waals surface area contributed by atoms with Crippen molar-refractivity contribution in [2.45, 2.75) is 243 Å². The molecule has 88 heavy (non-hydrogen) atoms. The molecule has 514 valence electrons. The first kappa shape index (κ1) is 107. The Bertz CT molecular complexity index is 2000. The van der Waals surface area contributed by atoms with Gasteiger partial charge in [0.25, 0.3) is 0 Å². The van der Waals surface area contributed by atoms with E-state index in [4.69, 9.17) is 11.6 Å². The molecule has 0 saturated heterocycles. The van der Waals surface area contributed by atoms with E-state index in [0.29, 0.717) is 28.9 Å². The van der Waals surface area contributed by atoms with Crippen molar-refractivity contribution in [3.8, 4) is 11.1 Å². The minimum atomic E-state index is 0. The lowest BCUT2D eigenvalue weighted by Crippen LogP contribution is -2.38. The predicted molar refractivity (Wildman–Crippen MR) is 418 cm³/mol. The lowest BCUT2D eigenvalue weighted by atomic mass is 9.80. The molecule has 0 saturated carbocycles. The highest BCUT2D eigenvalue weighted by molar-refractivity contribution is 5.79.